The number of fused-ring (bicyclic) bond motifs is 1. The monoisotopic (exact) mass is 210 g/mol. The predicted molar refractivity (Wildman–Crippen MR) is 53.7 cm³/mol. The molecule has 3 nitrogen and oxygen atoms in total. The van der Waals surface area contributed by atoms with Crippen molar-refractivity contribution in [3.63, 3.8) is 0 Å². The number of thioether (sulfide) groups is 1. The molecule has 0 saturated heterocycles. The van der Waals surface area contributed by atoms with Gasteiger partial charge in [-0.05, 0) is 18.1 Å². The van der Waals surface area contributed by atoms with Crippen LogP contribution in [0.3, 0.4) is 0 Å². The fourth-order valence-corrected chi connectivity index (χ4v) is 2.80. The summed E-state index contributed by atoms with van der Waals surface area (Å²) in [6, 6.07) is 5.04. The lowest BCUT2D eigenvalue weighted by Gasteiger charge is -2.21. The fourth-order valence-electron chi connectivity index (χ4n) is 1.57. The van der Waals surface area contributed by atoms with Gasteiger partial charge in [-0.25, -0.2) is 4.79 Å². The maximum absolute atomic E-state index is 10.9. The molecule has 0 aliphatic carbocycles. The maximum Gasteiger partial charge on any atom is 0.336 e. The lowest BCUT2D eigenvalue weighted by molar-refractivity contribution is 0.0692. The topological polar surface area (TPSA) is 57.5 Å². The van der Waals surface area contributed by atoms with Crippen LogP contribution in [0.2, 0.25) is 0 Å². The van der Waals surface area contributed by atoms with Gasteiger partial charge in [-0.15, -0.1) is 11.8 Å². The van der Waals surface area contributed by atoms with E-state index >= 15 is 0 Å². The van der Waals surface area contributed by atoms with Gasteiger partial charge in [0.05, 0.1) is 11.7 Å². The Morgan fingerprint density at radius 3 is 3.00 bits per heavy atom. The van der Waals surface area contributed by atoms with E-state index in [1.807, 2.05) is 0 Å². The molecule has 14 heavy (non-hydrogen) atoms. The molecule has 74 valence electrons. The number of aliphatic hydroxyl groups excluding tert-OH is 1. The van der Waals surface area contributed by atoms with Crippen molar-refractivity contribution in [1.82, 2.24) is 0 Å². The second-order valence-corrected chi connectivity index (χ2v) is 4.29. The lowest BCUT2D eigenvalue weighted by Crippen LogP contribution is -2.10. The highest BCUT2D eigenvalue weighted by atomic mass is 32.2. The first kappa shape index (κ1) is 9.55. The number of hydrogen-bond donors (Lipinski definition) is 2. The van der Waals surface area contributed by atoms with E-state index in [0.717, 1.165) is 16.2 Å². The Morgan fingerprint density at radius 2 is 2.29 bits per heavy atom. The van der Waals surface area contributed by atoms with Gasteiger partial charge in [-0.3, -0.25) is 0 Å². The van der Waals surface area contributed by atoms with E-state index in [2.05, 4.69) is 0 Å². The van der Waals surface area contributed by atoms with Gasteiger partial charge in [0.2, 0.25) is 0 Å². The van der Waals surface area contributed by atoms with E-state index < -0.39 is 12.1 Å². The molecule has 0 bridgehead atoms. The van der Waals surface area contributed by atoms with Crippen molar-refractivity contribution in [3.05, 3.63) is 29.3 Å². The summed E-state index contributed by atoms with van der Waals surface area (Å²) in [5.74, 6) is -0.151. The summed E-state index contributed by atoms with van der Waals surface area (Å²) in [5, 5.41) is 18.6. The van der Waals surface area contributed by atoms with E-state index in [1.54, 1.807) is 18.2 Å². The number of aliphatic hydroxyl groups is 1. The number of benzene rings is 1. The Hall–Kier alpha value is -1.00. The number of carbonyl (C=O) groups is 1. The minimum atomic E-state index is -0.927. The number of carboxylic acid groups (broad SMARTS) is 1. The zero-order valence-corrected chi connectivity index (χ0v) is 8.25. The molecule has 1 atom stereocenters. The normalized spacial score (nSPS) is 20.2. The Kier molecular flexibility index (Phi) is 2.48. The first-order valence-electron chi connectivity index (χ1n) is 4.37. The van der Waals surface area contributed by atoms with Crippen LogP contribution < -0.4 is 0 Å². The lowest BCUT2D eigenvalue weighted by atomic mass is 10.0. The second-order valence-electron chi connectivity index (χ2n) is 3.18. The van der Waals surface area contributed by atoms with Crippen LogP contribution in [0, 0.1) is 0 Å². The van der Waals surface area contributed by atoms with Gasteiger partial charge in [0.1, 0.15) is 0 Å². The van der Waals surface area contributed by atoms with Crippen LogP contribution in [0.5, 0.6) is 0 Å². The van der Waals surface area contributed by atoms with Crippen molar-refractivity contribution in [3.8, 4) is 0 Å². The Morgan fingerprint density at radius 1 is 1.50 bits per heavy atom. The molecule has 1 aliphatic rings. The highest BCUT2D eigenvalue weighted by Crippen LogP contribution is 2.38. The number of rotatable bonds is 1. The molecule has 0 spiro atoms. The van der Waals surface area contributed by atoms with E-state index in [0.29, 0.717) is 12.0 Å². The molecule has 0 amide bonds. The molecule has 0 fully saturated rings. The zero-order valence-electron chi connectivity index (χ0n) is 7.43. The Labute approximate surface area is 85.8 Å². The van der Waals surface area contributed by atoms with Crippen LogP contribution >= 0.6 is 11.8 Å². The summed E-state index contributed by atoms with van der Waals surface area (Å²) in [6.45, 7) is 0. The summed E-state index contributed by atoms with van der Waals surface area (Å²) in [6.07, 6.45) is 0.186. The van der Waals surface area contributed by atoms with Crippen molar-refractivity contribution in [2.24, 2.45) is 0 Å². The molecule has 1 unspecified atom stereocenters. The van der Waals surface area contributed by atoms with Gasteiger partial charge in [0.25, 0.3) is 0 Å². The second kappa shape index (κ2) is 3.63. The van der Waals surface area contributed by atoms with E-state index in [4.69, 9.17) is 5.11 Å². The predicted octanol–water partition coefficient (Wildman–Crippen LogP) is 1.91. The van der Waals surface area contributed by atoms with Gasteiger partial charge in [0.15, 0.2) is 0 Å². The number of carboxylic acids is 1. The first-order valence-corrected chi connectivity index (χ1v) is 5.36. The largest absolute Gasteiger partial charge is 0.478 e. The van der Waals surface area contributed by atoms with Crippen LogP contribution in [-0.4, -0.2) is 21.9 Å². The number of hydrogen-bond acceptors (Lipinski definition) is 3. The minimum Gasteiger partial charge on any atom is -0.478 e. The van der Waals surface area contributed by atoms with Gasteiger partial charge >= 0.3 is 5.97 Å². The van der Waals surface area contributed by atoms with Crippen LogP contribution in [0.25, 0.3) is 0 Å². The van der Waals surface area contributed by atoms with Gasteiger partial charge in [0, 0.05) is 10.6 Å². The first-order chi connectivity index (χ1) is 6.70. The van der Waals surface area contributed by atoms with E-state index in [9.17, 15) is 9.90 Å². The Bertz CT molecular complexity index is 376. The van der Waals surface area contributed by atoms with Crippen LogP contribution in [0.1, 0.15) is 28.4 Å². The summed E-state index contributed by atoms with van der Waals surface area (Å²) < 4.78 is 0. The fraction of sp³-hybridized carbons (Fsp3) is 0.300. The molecule has 0 radical (unpaired) electrons. The third kappa shape index (κ3) is 1.51. The van der Waals surface area contributed by atoms with Crippen molar-refractivity contribution in [2.45, 2.75) is 17.4 Å². The molecular weight excluding hydrogens is 200 g/mol. The quantitative estimate of drug-likeness (QED) is 0.743. The summed E-state index contributed by atoms with van der Waals surface area (Å²) >= 11 is 1.51. The number of aromatic carboxylic acids is 1. The minimum absolute atomic E-state index is 0.297. The third-order valence-corrected chi connectivity index (χ3v) is 3.46. The summed E-state index contributed by atoms with van der Waals surface area (Å²) in [4.78, 5) is 11.6. The van der Waals surface area contributed by atoms with Crippen molar-refractivity contribution >= 4 is 17.7 Å². The molecule has 1 aromatic rings. The highest BCUT2D eigenvalue weighted by molar-refractivity contribution is 7.99. The molecule has 0 saturated carbocycles. The standard InChI is InChI=1S/C10H10O3S/c11-8-4-5-14-9-6(8)2-1-3-7(9)10(12)13/h1-3,8,11H,4-5H2,(H,12,13). The molecule has 1 aliphatic heterocycles. The van der Waals surface area contributed by atoms with Crippen LogP contribution in [0.4, 0.5) is 0 Å². The van der Waals surface area contributed by atoms with Crippen molar-refractivity contribution < 1.29 is 15.0 Å². The maximum atomic E-state index is 10.9. The van der Waals surface area contributed by atoms with Gasteiger partial charge in [-0.2, -0.15) is 0 Å². The highest BCUT2D eigenvalue weighted by Gasteiger charge is 2.22. The van der Waals surface area contributed by atoms with Crippen LogP contribution in [-0.2, 0) is 0 Å². The van der Waals surface area contributed by atoms with E-state index in [1.165, 1.54) is 11.8 Å². The summed E-state index contributed by atoms with van der Waals surface area (Å²) in [5.41, 5.74) is 1.05. The average molecular weight is 210 g/mol. The van der Waals surface area contributed by atoms with Crippen molar-refractivity contribution in [2.75, 3.05) is 5.75 Å². The third-order valence-electron chi connectivity index (χ3n) is 2.27. The summed E-state index contributed by atoms with van der Waals surface area (Å²) in [7, 11) is 0. The zero-order chi connectivity index (χ0) is 10.1. The molecular formula is C10H10O3S. The van der Waals surface area contributed by atoms with Crippen LogP contribution in [0.15, 0.2) is 23.1 Å². The molecule has 0 aromatic heterocycles. The molecule has 2 N–H and O–H groups in total. The molecule has 2 rings (SSSR count). The average Bonchev–Trinajstić information content (AvgIpc) is 2.17. The Balaban J connectivity index is 2.55. The molecule has 1 heterocycles. The van der Waals surface area contributed by atoms with Crippen molar-refractivity contribution in [1.29, 1.82) is 0 Å². The SMILES string of the molecule is O=C(O)c1cccc2c1SCCC2O. The van der Waals surface area contributed by atoms with E-state index in [-0.39, 0.29) is 0 Å². The van der Waals surface area contributed by atoms with Gasteiger partial charge in [-0.1, -0.05) is 12.1 Å². The smallest absolute Gasteiger partial charge is 0.336 e. The molecule has 1 aromatic carbocycles. The molecule has 4 heteroatoms. The van der Waals surface area contributed by atoms with Gasteiger partial charge < -0.3 is 10.2 Å².